The van der Waals surface area contributed by atoms with Crippen LogP contribution in [0.3, 0.4) is 0 Å². The van der Waals surface area contributed by atoms with Gasteiger partial charge in [0.15, 0.2) is 5.65 Å². The number of aromatic nitrogens is 7. The first kappa shape index (κ1) is 17.5. The van der Waals surface area contributed by atoms with Crippen LogP contribution in [0.1, 0.15) is 40.8 Å². The fourth-order valence-electron chi connectivity index (χ4n) is 3.58. The Labute approximate surface area is 156 Å². The van der Waals surface area contributed by atoms with Gasteiger partial charge in [0.2, 0.25) is 0 Å². The Morgan fingerprint density at radius 3 is 2.96 bits per heavy atom. The van der Waals surface area contributed by atoms with Crippen molar-refractivity contribution >= 4 is 11.6 Å². The molecule has 4 rings (SSSR count). The molecule has 1 atom stereocenters. The summed E-state index contributed by atoms with van der Waals surface area (Å²) in [4.78, 5) is 16.9. The van der Waals surface area contributed by atoms with E-state index in [0.29, 0.717) is 17.8 Å². The van der Waals surface area contributed by atoms with E-state index in [2.05, 4.69) is 35.2 Å². The maximum Gasteiger partial charge on any atom is 0.254 e. The summed E-state index contributed by atoms with van der Waals surface area (Å²) in [6.07, 6.45) is 3.66. The number of hydrogen-bond donors (Lipinski definition) is 0. The van der Waals surface area contributed by atoms with Gasteiger partial charge in [-0.1, -0.05) is 0 Å². The molecule has 1 aliphatic rings. The van der Waals surface area contributed by atoms with Gasteiger partial charge in [-0.3, -0.25) is 4.79 Å². The lowest BCUT2D eigenvalue weighted by molar-refractivity contribution is 0.0703. The van der Waals surface area contributed by atoms with Crippen LogP contribution in [0, 0.1) is 0 Å². The number of hydrogen-bond acceptors (Lipinski definition) is 7. The zero-order valence-corrected chi connectivity index (χ0v) is 15.8. The zero-order valence-electron chi connectivity index (χ0n) is 15.8. The second-order valence-corrected chi connectivity index (χ2v) is 7.26. The van der Waals surface area contributed by atoms with Crippen LogP contribution in [0.25, 0.3) is 5.65 Å². The van der Waals surface area contributed by atoms with Crippen molar-refractivity contribution in [1.29, 1.82) is 0 Å². The molecule has 27 heavy (non-hydrogen) atoms. The van der Waals surface area contributed by atoms with Crippen LogP contribution in [0.2, 0.25) is 0 Å². The van der Waals surface area contributed by atoms with Crippen molar-refractivity contribution in [2.45, 2.75) is 25.3 Å². The third-order valence-corrected chi connectivity index (χ3v) is 4.98. The van der Waals surface area contributed by atoms with E-state index in [-0.39, 0.29) is 11.8 Å². The summed E-state index contributed by atoms with van der Waals surface area (Å²) in [5, 5.41) is 20.1. The number of nitrogens with zero attached hydrogens (tertiary/aromatic N) is 9. The SMILES string of the molecule is CN(C)Cc1nnc(C2CCCN(C(=O)c3ccn4nnnc4c3)C2)n1C. The number of piperidine rings is 1. The summed E-state index contributed by atoms with van der Waals surface area (Å²) in [6.45, 7) is 2.13. The average Bonchev–Trinajstić information content (AvgIpc) is 3.27. The first-order valence-electron chi connectivity index (χ1n) is 9.03. The Hall–Kier alpha value is -2.88. The molecule has 1 amide bonds. The van der Waals surface area contributed by atoms with E-state index >= 15 is 0 Å². The number of carbonyl (C=O) groups excluding carboxylic acids is 1. The number of fused-ring (bicyclic) bond motifs is 1. The normalized spacial score (nSPS) is 17.8. The molecule has 0 spiro atoms. The van der Waals surface area contributed by atoms with Gasteiger partial charge in [-0.15, -0.1) is 15.3 Å². The highest BCUT2D eigenvalue weighted by Crippen LogP contribution is 2.27. The van der Waals surface area contributed by atoms with E-state index in [1.807, 2.05) is 26.0 Å². The maximum absolute atomic E-state index is 13.0. The highest BCUT2D eigenvalue weighted by atomic mass is 16.2. The Balaban J connectivity index is 1.52. The van der Waals surface area contributed by atoms with E-state index in [0.717, 1.165) is 37.6 Å². The molecule has 1 saturated heterocycles. The molecular formula is C17H23N9O. The monoisotopic (exact) mass is 369 g/mol. The molecule has 142 valence electrons. The van der Waals surface area contributed by atoms with Crippen molar-refractivity contribution in [2.24, 2.45) is 7.05 Å². The standard InChI is InChI=1S/C17H23N9O/c1-23(2)11-15-18-20-16(24(15)3)13-5-4-7-25(10-13)17(27)12-6-8-26-14(9-12)19-21-22-26/h6,8-9,13H,4-5,7,10-11H2,1-3H3. The van der Waals surface area contributed by atoms with Gasteiger partial charge in [0, 0.05) is 37.8 Å². The molecule has 0 bridgehead atoms. The van der Waals surface area contributed by atoms with E-state index in [9.17, 15) is 4.79 Å². The fourth-order valence-corrected chi connectivity index (χ4v) is 3.58. The molecule has 0 aliphatic carbocycles. The number of likely N-dealkylation sites (tertiary alicyclic amines) is 1. The van der Waals surface area contributed by atoms with Crippen molar-refractivity contribution in [2.75, 3.05) is 27.2 Å². The predicted molar refractivity (Wildman–Crippen MR) is 97.1 cm³/mol. The average molecular weight is 369 g/mol. The molecule has 10 nitrogen and oxygen atoms in total. The summed E-state index contributed by atoms with van der Waals surface area (Å²) in [6, 6.07) is 3.48. The molecule has 4 heterocycles. The molecule has 1 unspecified atom stereocenters. The third kappa shape index (κ3) is 3.39. The van der Waals surface area contributed by atoms with Gasteiger partial charge >= 0.3 is 0 Å². The van der Waals surface area contributed by atoms with Crippen LogP contribution in [-0.4, -0.2) is 77.7 Å². The first-order valence-corrected chi connectivity index (χ1v) is 9.03. The van der Waals surface area contributed by atoms with Gasteiger partial charge in [-0.05, 0) is 49.5 Å². The molecule has 3 aromatic rings. The van der Waals surface area contributed by atoms with E-state index in [1.54, 1.807) is 22.8 Å². The minimum Gasteiger partial charge on any atom is -0.338 e. The molecule has 10 heteroatoms. The Morgan fingerprint density at radius 1 is 1.30 bits per heavy atom. The third-order valence-electron chi connectivity index (χ3n) is 4.98. The Morgan fingerprint density at radius 2 is 2.15 bits per heavy atom. The Kier molecular flexibility index (Phi) is 4.56. The van der Waals surface area contributed by atoms with Crippen LogP contribution in [0.5, 0.6) is 0 Å². The molecule has 0 aromatic carbocycles. The van der Waals surface area contributed by atoms with Crippen molar-refractivity contribution in [1.82, 2.24) is 44.6 Å². The number of amides is 1. The lowest BCUT2D eigenvalue weighted by atomic mass is 9.96. The van der Waals surface area contributed by atoms with E-state index < -0.39 is 0 Å². The van der Waals surface area contributed by atoms with Crippen LogP contribution in [0.4, 0.5) is 0 Å². The smallest absolute Gasteiger partial charge is 0.254 e. The summed E-state index contributed by atoms with van der Waals surface area (Å²) in [5.74, 6) is 2.07. The van der Waals surface area contributed by atoms with Gasteiger partial charge in [0.05, 0.1) is 6.54 Å². The summed E-state index contributed by atoms with van der Waals surface area (Å²) >= 11 is 0. The molecule has 1 aliphatic heterocycles. The van der Waals surface area contributed by atoms with Crippen molar-refractivity contribution in [3.63, 3.8) is 0 Å². The molecule has 0 N–H and O–H groups in total. The summed E-state index contributed by atoms with van der Waals surface area (Å²) in [7, 11) is 6.02. The van der Waals surface area contributed by atoms with Gasteiger partial charge in [0.1, 0.15) is 11.6 Å². The van der Waals surface area contributed by atoms with Crippen LogP contribution >= 0.6 is 0 Å². The maximum atomic E-state index is 13.0. The quantitative estimate of drug-likeness (QED) is 0.654. The first-order chi connectivity index (χ1) is 13.0. The number of tetrazole rings is 1. The van der Waals surface area contributed by atoms with Crippen LogP contribution < -0.4 is 0 Å². The Bertz CT molecular complexity index is 960. The number of carbonyl (C=O) groups is 1. The molecule has 0 saturated carbocycles. The number of pyridine rings is 1. The fraction of sp³-hybridized carbons (Fsp3) is 0.529. The highest BCUT2D eigenvalue weighted by Gasteiger charge is 2.29. The van der Waals surface area contributed by atoms with Crippen molar-refractivity contribution in [3.05, 3.63) is 35.5 Å². The predicted octanol–water partition coefficient (Wildman–Crippen LogP) is 0.334. The van der Waals surface area contributed by atoms with Gasteiger partial charge in [-0.25, -0.2) is 4.52 Å². The molecule has 0 radical (unpaired) electrons. The van der Waals surface area contributed by atoms with Crippen molar-refractivity contribution < 1.29 is 4.79 Å². The minimum absolute atomic E-state index is 0.000818. The topological polar surface area (TPSA) is 97.3 Å². The number of rotatable bonds is 4. The summed E-state index contributed by atoms with van der Waals surface area (Å²) in [5.41, 5.74) is 1.17. The largest absolute Gasteiger partial charge is 0.338 e. The molecule has 1 fully saturated rings. The van der Waals surface area contributed by atoms with Gasteiger partial charge in [0.25, 0.3) is 5.91 Å². The van der Waals surface area contributed by atoms with Gasteiger partial charge < -0.3 is 14.4 Å². The molecular weight excluding hydrogens is 346 g/mol. The lowest BCUT2D eigenvalue weighted by Crippen LogP contribution is -2.39. The van der Waals surface area contributed by atoms with Gasteiger partial charge in [-0.2, -0.15) is 0 Å². The summed E-state index contributed by atoms with van der Waals surface area (Å²) < 4.78 is 3.61. The van der Waals surface area contributed by atoms with E-state index in [4.69, 9.17) is 0 Å². The second kappa shape index (κ2) is 7.03. The highest BCUT2D eigenvalue weighted by molar-refractivity contribution is 5.95. The minimum atomic E-state index is 0.000818. The second-order valence-electron chi connectivity index (χ2n) is 7.26. The van der Waals surface area contributed by atoms with Crippen LogP contribution in [-0.2, 0) is 13.6 Å². The van der Waals surface area contributed by atoms with E-state index in [1.165, 1.54) is 0 Å². The molecule has 3 aromatic heterocycles. The van der Waals surface area contributed by atoms with Crippen LogP contribution in [0.15, 0.2) is 18.3 Å². The lowest BCUT2D eigenvalue weighted by Gasteiger charge is -2.32. The van der Waals surface area contributed by atoms with Crippen molar-refractivity contribution in [3.8, 4) is 0 Å². The zero-order chi connectivity index (χ0) is 19.0.